The van der Waals surface area contributed by atoms with Crippen LogP contribution in [0.1, 0.15) is 10.4 Å². The van der Waals surface area contributed by atoms with Gasteiger partial charge in [0.25, 0.3) is 5.91 Å². The Morgan fingerprint density at radius 3 is 2.58 bits per heavy atom. The van der Waals surface area contributed by atoms with Crippen molar-refractivity contribution in [3.63, 3.8) is 0 Å². The van der Waals surface area contributed by atoms with Crippen LogP contribution in [0.2, 0.25) is 0 Å². The van der Waals surface area contributed by atoms with Crippen LogP contribution in [-0.4, -0.2) is 5.91 Å². The molecule has 0 atom stereocenters. The third-order valence-corrected chi connectivity index (χ3v) is 3.11. The van der Waals surface area contributed by atoms with E-state index in [2.05, 4.69) is 21.2 Å². The molecule has 98 valence electrons. The number of nitrogen functional groups attached to an aromatic ring is 1. The summed E-state index contributed by atoms with van der Waals surface area (Å²) in [5.74, 6) is -1.91. The molecule has 2 aromatic rings. The molecule has 0 bridgehead atoms. The van der Waals surface area contributed by atoms with E-state index in [1.807, 2.05) is 0 Å². The minimum Gasteiger partial charge on any atom is -0.399 e. The summed E-state index contributed by atoms with van der Waals surface area (Å²) in [6, 6.07) is 7.56. The van der Waals surface area contributed by atoms with Crippen LogP contribution < -0.4 is 11.1 Å². The highest BCUT2D eigenvalue weighted by Crippen LogP contribution is 2.24. The van der Waals surface area contributed by atoms with E-state index >= 15 is 0 Å². The van der Waals surface area contributed by atoms with Crippen molar-refractivity contribution in [2.24, 2.45) is 0 Å². The predicted octanol–water partition coefficient (Wildman–Crippen LogP) is 3.56. The van der Waals surface area contributed by atoms with Gasteiger partial charge in [-0.1, -0.05) is 0 Å². The van der Waals surface area contributed by atoms with E-state index in [9.17, 15) is 13.6 Å². The average molecular weight is 327 g/mol. The number of hydrogen-bond acceptors (Lipinski definition) is 2. The van der Waals surface area contributed by atoms with Crippen molar-refractivity contribution >= 4 is 33.2 Å². The van der Waals surface area contributed by atoms with Crippen LogP contribution in [0.15, 0.2) is 40.9 Å². The second-order valence-electron chi connectivity index (χ2n) is 3.82. The molecule has 6 heteroatoms. The molecule has 3 nitrogen and oxygen atoms in total. The van der Waals surface area contributed by atoms with Crippen molar-refractivity contribution in [3.05, 3.63) is 58.1 Å². The molecular formula is C13H9BrF2N2O. The fourth-order valence-corrected chi connectivity index (χ4v) is 1.84. The summed E-state index contributed by atoms with van der Waals surface area (Å²) in [6.45, 7) is 0. The first-order valence-electron chi connectivity index (χ1n) is 5.29. The molecule has 0 aliphatic rings. The lowest BCUT2D eigenvalue weighted by molar-refractivity contribution is 0.102. The monoisotopic (exact) mass is 326 g/mol. The summed E-state index contributed by atoms with van der Waals surface area (Å²) < 4.78 is 27.1. The Hall–Kier alpha value is -1.95. The lowest BCUT2D eigenvalue weighted by atomic mass is 10.1. The molecule has 0 heterocycles. The number of nitrogens with one attached hydrogen (secondary N) is 1. The van der Waals surface area contributed by atoms with E-state index in [0.29, 0.717) is 4.47 Å². The van der Waals surface area contributed by atoms with E-state index in [0.717, 1.165) is 12.1 Å². The zero-order chi connectivity index (χ0) is 14.0. The molecule has 0 fully saturated rings. The highest BCUT2D eigenvalue weighted by Gasteiger charge is 2.13. The lowest BCUT2D eigenvalue weighted by Crippen LogP contribution is -2.14. The smallest absolute Gasteiger partial charge is 0.258 e. The fraction of sp³-hybridized carbons (Fsp3) is 0. The van der Waals surface area contributed by atoms with Gasteiger partial charge in [-0.15, -0.1) is 0 Å². The van der Waals surface area contributed by atoms with Crippen molar-refractivity contribution in [2.45, 2.75) is 0 Å². The number of benzene rings is 2. The molecule has 2 aromatic carbocycles. The molecule has 0 radical (unpaired) electrons. The fourth-order valence-electron chi connectivity index (χ4n) is 1.50. The number of halogens is 3. The van der Waals surface area contributed by atoms with E-state index in [4.69, 9.17) is 5.73 Å². The third-order valence-electron chi connectivity index (χ3n) is 2.41. The molecule has 0 spiro atoms. The van der Waals surface area contributed by atoms with Crippen LogP contribution in [0, 0.1) is 11.6 Å². The Balaban J connectivity index is 2.28. The molecule has 0 saturated carbocycles. The Morgan fingerprint density at radius 2 is 1.89 bits per heavy atom. The summed E-state index contributed by atoms with van der Waals surface area (Å²) in [5.41, 5.74) is 5.68. The quantitative estimate of drug-likeness (QED) is 0.829. The van der Waals surface area contributed by atoms with E-state index in [1.165, 1.54) is 24.3 Å². The number of rotatable bonds is 2. The summed E-state index contributed by atoms with van der Waals surface area (Å²) in [5, 5.41) is 2.42. The van der Waals surface area contributed by atoms with Crippen molar-refractivity contribution < 1.29 is 13.6 Å². The number of nitrogens with two attached hydrogens (primary N) is 1. The van der Waals surface area contributed by atoms with Crippen molar-refractivity contribution in [1.82, 2.24) is 0 Å². The van der Waals surface area contributed by atoms with Crippen LogP contribution in [0.3, 0.4) is 0 Å². The summed E-state index contributed by atoms with van der Waals surface area (Å²) in [7, 11) is 0. The zero-order valence-electron chi connectivity index (χ0n) is 9.58. The maximum Gasteiger partial charge on any atom is 0.258 e. The normalized spacial score (nSPS) is 10.3. The van der Waals surface area contributed by atoms with E-state index < -0.39 is 17.5 Å². The van der Waals surface area contributed by atoms with Gasteiger partial charge in [0.05, 0.1) is 11.3 Å². The molecule has 0 aliphatic heterocycles. The maximum atomic E-state index is 13.6. The number of anilines is 2. The standard InChI is InChI=1S/C13H9BrF2N2O/c14-10-4-1-7(15)5-12(10)18-13(19)9-3-2-8(17)6-11(9)16/h1-6H,17H2,(H,18,19). The SMILES string of the molecule is Nc1ccc(C(=O)Nc2cc(F)ccc2Br)c(F)c1. The largest absolute Gasteiger partial charge is 0.399 e. The Labute approximate surface area is 116 Å². The summed E-state index contributed by atoms with van der Waals surface area (Å²) >= 11 is 3.17. The third kappa shape index (κ3) is 3.08. The van der Waals surface area contributed by atoms with Crippen molar-refractivity contribution in [3.8, 4) is 0 Å². The summed E-state index contributed by atoms with van der Waals surface area (Å²) in [4.78, 5) is 11.9. The van der Waals surface area contributed by atoms with Crippen molar-refractivity contribution in [1.29, 1.82) is 0 Å². The molecule has 0 saturated heterocycles. The molecule has 0 aromatic heterocycles. The molecule has 0 unspecified atom stereocenters. The minimum atomic E-state index is -0.731. The topological polar surface area (TPSA) is 55.1 Å². The van der Waals surface area contributed by atoms with Gasteiger partial charge in [0.15, 0.2) is 0 Å². The predicted molar refractivity (Wildman–Crippen MR) is 72.9 cm³/mol. The van der Waals surface area contributed by atoms with Gasteiger partial charge in [-0.2, -0.15) is 0 Å². The number of carbonyl (C=O) groups excluding carboxylic acids is 1. The highest BCUT2D eigenvalue weighted by atomic mass is 79.9. The highest BCUT2D eigenvalue weighted by molar-refractivity contribution is 9.10. The Morgan fingerprint density at radius 1 is 1.16 bits per heavy atom. The first kappa shape index (κ1) is 13.5. The minimum absolute atomic E-state index is 0.162. The van der Waals surface area contributed by atoms with Crippen LogP contribution in [0.5, 0.6) is 0 Å². The Bertz CT molecular complexity index is 647. The van der Waals surface area contributed by atoms with Crippen LogP contribution >= 0.6 is 15.9 Å². The summed E-state index contributed by atoms with van der Waals surface area (Å²) in [6.07, 6.45) is 0. The van der Waals surface area contributed by atoms with E-state index in [1.54, 1.807) is 0 Å². The van der Waals surface area contributed by atoms with Crippen LogP contribution in [0.25, 0.3) is 0 Å². The van der Waals surface area contributed by atoms with Gasteiger partial charge in [-0.3, -0.25) is 4.79 Å². The number of amides is 1. The average Bonchev–Trinajstić information content (AvgIpc) is 2.33. The first-order valence-corrected chi connectivity index (χ1v) is 6.08. The Kier molecular flexibility index (Phi) is 3.80. The molecule has 19 heavy (non-hydrogen) atoms. The van der Waals surface area contributed by atoms with Gasteiger partial charge in [0, 0.05) is 10.2 Å². The molecule has 3 N–H and O–H groups in total. The van der Waals surface area contributed by atoms with Crippen molar-refractivity contribution in [2.75, 3.05) is 11.1 Å². The molecule has 1 amide bonds. The van der Waals surface area contributed by atoms with E-state index in [-0.39, 0.29) is 16.9 Å². The van der Waals surface area contributed by atoms with Gasteiger partial charge >= 0.3 is 0 Å². The van der Waals surface area contributed by atoms with Crippen LogP contribution in [0.4, 0.5) is 20.2 Å². The van der Waals surface area contributed by atoms with Gasteiger partial charge < -0.3 is 11.1 Å². The molecular weight excluding hydrogens is 318 g/mol. The number of carbonyl (C=O) groups is 1. The second kappa shape index (κ2) is 5.36. The van der Waals surface area contributed by atoms with Gasteiger partial charge in [-0.05, 0) is 52.3 Å². The molecule has 2 rings (SSSR count). The lowest BCUT2D eigenvalue weighted by Gasteiger charge is -2.08. The molecule has 0 aliphatic carbocycles. The maximum absolute atomic E-state index is 13.6. The van der Waals surface area contributed by atoms with Crippen LogP contribution in [-0.2, 0) is 0 Å². The zero-order valence-corrected chi connectivity index (χ0v) is 11.2. The number of hydrogen-bond donors (Lipinski definition) is 2. The first-order chi connectivity index (χ1) is 8.97. The van der Waals surface area contributed by atoms with Gasteiger partial charge in [0.2, 0.25) is 0 Å². The van der Waals surface area contributed by atoms with Gasteiger partial charge in [-0.25, -0.2) is 8.78 Å². The second-order valence-corrected chi connectivity index (χ2v) is 4.67. The van der Waals surface area contributed by atoms with Gasteiger partial charge in [0.1, 0.15) is 11.6 Å².